The highest BCUT2D eigenvalue weighted by atomic mass is 19.4. The summed E-state index contributed by atoms with van der Waals surface area (Å²) in [7, 11) is 0. The van der Waals surface area contributed by atoms with Crippen molar-refractivity contribution in [1.82, 2.24) is 15.0 Å². The van der Waals surface area contributed by atoms with Crippen LogP contribution in [0.1, 0.15) is 29.7 Å². The summed E-state index contributed by atoms with van der Waals surface area (Å²) < 4.78 is 40.1. The number of anilines is 1. The Hall–Kier alpha value is -3.00. The Morgan fingerprint density at radius 1 is 1.07 bits per heavy atom. The lowest BCUT2D eigenvalue weighted by atomic mass is 9.79. The van der Waals surface area contributed by atoms with Gasteiger partial charge in [-0.25, -0.2) is 9.97 Å². The molecule has 8 heteroatoms. The number of benzene rings is 1. The lowest BCUT2D eigenvalue weighted by molar-refractivity contribution is -0.141. The molecule has 29 heavy (non-hydrogen) atoms. The number of halogens is 3. The Morgan fingerprint density at radius 3 is 2.59 bits per heavy atom. The molecule has 0 fully saturated rings. The molecule has 0 aliphatic heterocycles. The van der Waals surface area contributed by atoms with Crippen molar-refractivity contribution in [2.24, 2.45) is 0 Å². The zero-order chi connectivity index (χ0) is 20.5. The van der Waals surface area contributed by atoms with E-state index in [2.05, 4.69) is 20.3 Å². The van der Waals surface area contributed by atoms with Gasteiger partial charge in [0.15, 0.2) is 11.5 Å². The second-order valence-corrected chi connectivity index (χ2v) is 7.09. The van der Waals surface area contributed by atoms with Crippen LogP contribution in [-0.2, 0) is 18.2 Å². The molecule has 4 rings (SSSR count). The molecule has 2 N–H and O–H groups in total. The normalized spacial score (nSPS) is 18.9. The Bertz CT molecular complexity index is 1010. The Balaban J connectivity index is 1.65. The molecule has 1 aliphatic rings. The number of fused-ring (bicyclic) bond motifs is 1. The number of rotatable bonds is 4. The van der Waals surface area contributed by atoms with Crippen LogP contribution in [0.5, 0.6) is 0 Å². The lowest BCUT2D eigenvalue weighted by Gasteiger charge is -2.34. The zero-order valence-corrected chi connectivity index (χ0v) is 15.4. The third-order valence-corrected chi connectivity index (χ3v) is 5.07. The smallest absolute Gasteiger partial charge is 0.383 e. The molecule has 150 valence electrons. The van der Waals surface area contributed by atoms with Crippen molar-refractivity contribution in [3.8, 4) is 11.4 Å². The van der Waals surface area contributed by atoms with Crippen LogP contribution in [0.2, 0.25) is 0 Å². The fourth-order valence-electron chi connectivity index (χ4n) is 3.63. The van der Waals surface area contributed by atoms with Crippen molar-refractivity contribution in [3.63, 3.8) is 0 Å². The predicted molar refractivity (Wildman–Crippen MR) is 102 cm³/mol. The first kappa shape index (κ1) is 19.3. The average Bonchev–Trinajstić information content (AvgIpc) is 2.73. The van der Waals surface area contributed by atoms with Crippen LogP contribution in [0.3, 0.4) is 0 Å². The molecule has 2 heterocycles. The average molecular weight is 400 g/mol. The summed E-state index contributed by atoms with van der Waals surface area (Å²) in [6.07, 6.45) is 0.508. The summed E-state index contributed by atoms with van der Waals surface area (Å²) in [6, 6.07) is 11.5. The number of pyridine rings is 1. The molecule has 0 spiro atoms. The number of alkyl halides is 3. The molecule has 1 atom stereocenters. The van der Waals surface area contributed by atoms with Gasteiger partial charge in [0, 0.05) is 30.6 Å². The number of nitrogens with zero attached hydrogens (tertiary/aromatic N) is 3. The maximum atomic E-state index is 13.4. The molecule has 0 radical (unpaired) electrons. The van der Waals surface area contributed by atoms with E-state index in [0.717, 1.165) is 30.0 Å². The van der Waals surface area contributed by atoms with E-state index >= 15 is 0 Å². The van der Waals surface area contributed by atoms with Crippen LogP contribution in [-0.4, -0.2) is 26.6 Å². The minimum Gasteiger partial charge on any atom is -0.383 e. The van der Waals surface area contributed by atoms with Gasteiger partial charge in [0.1, 0.15) is 11.4 Å². The standard InChI is InChI=1S/C21H19F3N4O/c22-21(23,24)17-12-18(28-19(27-17)15-7-10-25-11-8-15)26-13-20(29)9-3-5-14-4-1-2-6-16(14)20/h1-2,4,6-8,10-12,29H,3,5,9,13H2,(H,26,27,28). The second-order valence-electron chi connectivity index (χ2n) is 7.09. The van der Waals surface area contributed by atoms with Gasteiger partial charge >= 0.3 is 6.18 Å². The predicted octanol–water partition coefficient (Wildman–Crippen LogP) is 4.19. The van der Waals surface area contributed by atoms with Gasteiger partial charge in [-0.2, -0.15) is 13.2 Å². The number of hydrogen-bond donors (Lipinski definition) is 2. The van der Waals surface area contributed by atoms with Crippen LogP contribution in [0.15, 0.2) is 54.9 Å². The molecular weight excluding hydrogens is 381 g/mol. The van der Waals surface area contributed by atoms with Gasteiger partial charge in [-0.1, -0.05) is 24.3 Å². The van der Waals surface area contributed by atoms with Gasteiger partial charge in [0.2, 0.25) is 0 Å². The van der Waals surface area contributed by atoms with E-state index in [4.69, 9.17) is 0 Å². The molecule has 1 unspecified atom stereocenters. The van der Waals surface area contributed by atoms with E-state index < -0.39 is 17.5 Å². The van der Waals surface area contributed by atoms with Gasteiger partial charge in [0.05, 0.1) is 0 Å². The number of aliphatic hydroxyl groups is 1. The van der Waals surface area contributed by atoms with Crippen molar-refractivity contribution in [2.75, 3.05) is 11.9 Å². The molecule has 3 aromatic rings. The number of aromatic nitrogens is 3. The molecule has 1 aromatic carbocycles. The maximum Gasteiger partial charge on any atom is 0.433 e. The maximum absolute atomic E-state index is 13.4. The monoisotopic (exact) mass is 400 g/mol. The lowest BCUT2D eigenvalue weighted by Crippen LogP contribution is -2.37. The quantitative estimate of drug-likeness (QED) is 0.687. The fraction of sp³-hybridized carbons (Fsp3) is 0.286. The topological polar surface area (TPSA) is 70.9 Å². The van der Waals surface area contributed by atoms with E-state index in [-0.39, 0.29) is 18.2 Å². The molecule has 0 saturated carbocycles. The third kappa shape index (κ3) is 4.07. The van der Waals surface area contributed by atoms with E-state index in [0.29, 0.717) is 12.0 Å². The Kier molecular flexibility index (Phi) is 4.96. The van der Waals surface area contributed by atoms with Crippen molar-refractivity contribution in [1.29, 1.82) is 0 Å². The first-order valence-electron chi connectivity index (χ1n) is 9.26. The van der Waals surface area contributed by atoms with Crippen molar-refractivity contribution in [2.45, 2.75) is 31.0 Å². The van der Waals surface area contributed by atoms with Crippen LogP contribution in [0.4, 0.5) is 19.0 Å². The SMILES string of the molecule is OC1(CNc2cc(C(F)(F)F)nc(-c3ccncc3)n2)CCCc2ccccc21. The molecule has 1 aliphatic carbocycles. The first-order valence-corrected chi connectivity index (χ1v) is 9.26. The fourth-order valence-corrected chi connectivity index (χ4v) is 3.63. The van der Waals surface area contributed by atoms with Gasteiger partial charge in [-0.05, 0) is 42.5 Å². The second kappa shape index (κ2) is 7.44. The molecule has 2 aromatic heterocycles. The van der Waals surface area contributed by atoms with E-state index in [1.807, 2.05) is 24.3 Å². The largest absolute Gasteiger partial charge is 0.433 e. The molecule has 5 nitrogen and oxygen atoms in total. The molecule has 0 saturated heterocycles. The summed E-state index contributed by atoms with van der Waals surface area (Å²) in [5.74, 6) is -0.0450. The van der Waals surface area contributed by atoms with Gasteiger partial charge in [-0.3, -0.25) is 4.98 Å². The number of aryl methyl sites for hydroxylation is 1. The summed E-state index contributed by atoms with van der Waals surface area (Å²) in [6.45, 7) is 0.0497. The molecular formula is C21H19F3N4O. The zero-order valence-electron chi connectivity index (χ0n) is 15.4. The Morgan fingerprint density at radius 2 is 1.83 bits per heavy atom. The van der Waals surface area contributed by atoms with E-state index in [1.165, 1.54) is 12.4 Å². The van der Waals surface area contributed by atoms with E-state index in [9.17, 15) is 18.3 Å². The van der Waals surface area contributed by atoms with Crippen molar-refractivity contribution >= 4 is 5.82 Å². The molecule has 0 amide bonds. The Labute approximate surface area is 165 Å². The van der Waals surface area contributed by atoms with Crippen LogP contribution >= 0.6 is 0 Å². The van der Waals surface area contributed by atoms with E-state index in [1.54, 1.807) is 12.1 Å². The minimum absolute atomic E-state index is 0.00983. The highest BCUT2D eigenvalue weighted by molar-refractivity contribution is 5.57. The van der Waals surface area contributed by atoms with Gasteiger partial charge in [-0.15, -0.1) is 0 Å². The summed E-state index contributed by atoms with van der Waals surface area (Å²) in [4.78, 5) is 11.8. The summed E-state index contributed by atoms with van der Waals surface area (Å²) in [5, 5.41) is 14.1. The number of hydrogen-bond acceptors (Lipinski definition) is 5. The van der Waals surface area contributed by atoms with Crippen LogP contribution in [0, 0.1) is 0 Å². The van der Waals surface area contributed by atoms with Crippen LogP contribution < -0.4 is 5.32 Å². The molecule has 0 bridgehead atoms. The highest BCUT2D eigenvalue weighted by Gasteiger charge is 2.36. The van der Waals surface area contributed by atoms with Crippen LogP contribution in [0.25, 0.3) is 11.4 Å². The van der Waals surface area contributed by atoms with Gasteiger partial charge < -0.3 is 10.4 Å². The van der Waals surface area contributed by atoms with Crippen molar-refractivity contribution in [3.05, 3.63) is 71.7 Å². The third-order valence-electron chi connectivity index (χ3n) is 5.07. The highest BCUT2D eigenvalue weighted by Crippen LogP contribution is 2.36. The van der Waals surface area contributed by atoms with Crippen molar-refractivity contribution < 1.29 is 18.3 Å². The summed E-state index contributed by atoms with van der Waals surface area (Å²) >= 11 is 0. The minimum atomic E-state index is -4.62. The van der Waals surface area contributed by atoms with Gasteiger partial charge in [0.25, 0.3) is 0 Å². The first-order chi connectivity index (χ1) is 13.9. The summed E-state index contributed by atoms with van der Waals surface area (Å²) in [5.41, 5.74) is 0.0702. The number of nitrogens with one attached hydrogen (secondary N) is 1.